The molecule has 0 unspecified atom stereocenters. The molecule has 0 bridgehead atoms. The van der Waals surface area contributed by atoms with Crippen LogP contribution in [0.4, 0.5) is 4.79 Å². The van der Waals surface area contributed by atoms with E-state index in [1.54, 1.807) is 10.9 Å². The SMILES string of the molecule is Cc1c(Br)cccc1-n1cc(CNC(=O)OC(C)(C)C)nn1. The minimum atomic E-state index is -0.519. The molecule has 118 valence electrons. The van der Waals surface area contributed by atoms with Gasteiger partial charge in [0.05, 0.1) is 18.4 Å². The topological polar surface area (TPSA) is 69.0 Å². The highest BCUT2D eigenvalue weighted by molar-refractivity contribution is 9.10. The standard InChI is InChI=1S/C15H19BrN4O2/c1-10-12(16)6-5-7-13(10)20-9-11(18-19-20)8-17-14(21)22-15(2,3)4/h5-7,9H,8H2,1-4H3,(H,17,21). The van der Waals surface area contributed by atoms with Crippen molar-refractivity contribution < 1.29 is 9.53 Å². The van der Waals surface area contributed by atoms with Crippen LogP contribution in [0.1, 0.15) is 32.0 Å². The maximum atomic E-state index is 11.6. The van der Waals surface area contributed by atoms with Crippen LogP contribution in [0.5, 0.6) is 0 Å². The van der Waals surface area contributed by atoms with Gasteiger partial charge in [-0.15, -0.1) is 5.10 Å². The fourth-order valence-corrected chi connectivity index (χ4v) is 2.17. The van der Waals surface area contributed by atoms with E-state index in [1.165, 1.54) is 0 Å². The number of carbonyl (C=O) groups is 1. The van der Waals surface area contributed by atoms with Crippen molar-refractivity contribution in [3.8, 4) is 5.69 Å². The molecule has 0 atom stereocenters. The summed E-state index contributed by atoms with van der Waals surface area (Å²) in [7, 11) is 0. The lowest BCUT2D eigenvalue weighted by Crippen LogP contribution is -2.32. The van der Waals surface area contributed by atoms with Gasteiger partial charge in [0.2, 0.25) is 0 Å². The average molecular weight is 367 g/mol. The number of amides is 1. The van der Waals surface area contributed by atoms with Crippen molar-refractivity contribution in [1.82, 2.24) is 20.3 Å². The second-order valence-corrected chi connectivity index (χ2v) is 6.75. The minimum Gasteiger partial charge on any atom is -0.444 e. The Morgan fingerprint density at radius 3 is 2.82 bits per heavy atom. The Labute approximate surface area is 138 Å². The molecular weight excluding hydrogens is 348 g/mol. The molecule has 0 radical (unpaired) electrons. The highest BCUT2D eigenvalue weighted by Gasteiger charge is 2.16. The first-order valence-electron chi connectivity index (χ1n) is 6.90. The molecule has 1 heterocycles. The van der Waals surface area contributed by atoms with Gasteiger partial charge in [0, 0.05) is 4.47 Å². The Kier molecular flexibility index (Phi) is 4.85. The zero-order valence-corrected chi connectivity index (χ0v) is 14.6. The first-order valence-corrected chi connectivity index (χ1v) is 7.69. The van der Waals surface area contributed by atoms with E-state index in [-0.39, 0.29) is 6.54 Å². The maximum Gasteiger partial charge on any atom is 0.407 e. The van der Waals surface area contributed by atoms with Crippen LogP contribution < -0.4 is 5.32 Å². The molecule has 6 nitrogen and oxygen atoms in total. The lowest BCUT2D eigenvalue weighted by atomic mass is 10.2. The summed E-state index contributed by atoms with van der Waals surface area (Å²) < 4.78 is 7.87. The van der Waals surface area contributed by atoms with E-state index in [2.05, 4.69) is 31.6 Å². The Morgan fingerprint density at radius 2 is 2.14 bits per heavy atom. The van der Waals surface area contributed by atoms with Gasteiger partial charge in [0.15, 0.2) is 0 Å². The molecule has 0 fully saturated rings. The first kappa shape index (κ1) is 16.5. The van der Waals surface area contributed by atoms with Gasteiger partial charge >= 0.3 is 6.09 Å². The Balaban J connectivity index is 2.03. The molecule has 1 aromatic carbocycles. The van der Waals surface area contributed by atoms with Gasteiger partial charge in [-0.2, -0.15) is 0 Å². The number of alkyl carbamates (subject to hydrolysis) is 1. The van der Waals surface area contributed by atoms with Crippen molar-refractivity contribution in [3.63, 3.8) is 0 Å². The average Bonchev–Trinajstić information content (AvgIpc) is 2.86. The molecule has 0 aliphatic heterocycles. The normalized spacial score (nSPS) is 11.3. The van der Waals surface area contributed by atoms with E-state index in [4.69, 9.17) is 4.74 Å². The summed E-state index contributed by atoms with van der Waals surface area (Å²) >= 11 is 3.49. The Morgan fingerprint density at radius 1 is 1.41 bits per heavy atom. The van der Waals surface area contributed by atoms with E-state index in [0.717, 1.165) is 15.7 Å². The van der Waals surface area contributed by atoms with Crippen LogP contribution in [0.3, 0.4) is 0 Å². The van der Waals surface area contributed by atoms with Gasteiger partial charge in [-0.25, -0.2) is 9.48 Å². The summed E-state index contributed by atoms with van der Waals surface area (Å²) in [5.41, 5.74) is 2.14. The highest BCUT2D eigenvalue weighted by Crippen LogP contribution is 2.22. The molecule has 2 aromatic rings. The van der Waals surface area contributed by atoms with Crippen molar-refractivity contribution in [3.05, 3.63) is 40.1 Å². The second kappa shape index (κ2) is 6.48. The monoisotopic (exact) mass is 366 g/mol. The zero-order valence-electron chi connectivity index (χ0n) is 13.1. The number of hydrogen-bond acceptors (Lipinski definition) is 4. The molecule has 0 saturated carbocycles. The van der Waals surface area contributed by atoms with Crippen LogP contribution in [-0.4, -0.2) is 26.7 Å². The molecule has 0 aliphatic carbocycles. The van der Waals surface area contributed by atoms with E-state index in [9.17, 15) is 4.79 Å². The summed E-state index contributed by atoms with van der Waals surface area (Å²) in [5.74, 6) is 0. The number of benzene rings is 1. The third-order valence-corrected chi connectivity index (χ3v) is 3.70. The van der Waals surface area contributed by atoms with Crippen molar-refractivity contribution >= 4 is 22.0 Å². The number of nitrogens with one attached hydrogen (secondary N) is 1. The van der Waals surface area contributed by atoms with Crippen molar-refractivity contribution in [2.24, 2.45) is 0 Å². The molecule has 2 rings (SSSR count). The molecule has 22 heavy (non-hydrogen) atoms. The predicted molar refractivity (Wildman–Crippen MR) is 86.9 cm³/mol. The summed E-state index contributed by atoms with van der Waals surface area (Å²) in [6, 6.07) is 5.87. The zero-order chi connectivity index (χ0) is 16.3. The van der Waals surface area contributed by atoms with Gasteiger partial charge in [-0.05, 0) is 45.4 Å². The number of hydrogen-bond donors (Lipinski definition) is 1. The number of rotatable bonds is 3. The third kappa shape index (κ3) is 4.30. The molecule has 1 amide bonds. The van der Waals surface area contributed by atoms with E-state index >= 15 is 0 Å². The quantitative estimate of drug-likeness (QED) is 0.903. The maximum absolute atomic E-state index is 11.6. The van der Waals surface area contributed by atoms with Crippen LogP contribution in [0.15, 0.2) is 28.9 Å². The summed E-state index contributed by atoms with van der Waals surface area (Å²) in [6.45, 7) is 7.72. The highest BCUT2D eigenvalue weighted by atomic mass is 79.9. The van der Waals surface area contributed by atoms with Crippen molar-refractivity contribution in [2.75, 3.05) is 0 Å². The lowest BCUT2D eigenvalue weighted by molar-refractivity contribution is 0.0523. The van der Waals surface area contributed by atoms with Crippen molar-refractivity contribution in [1.29, 1.82) is 0 Å². The third-order valence-electron chi connectivity index (χ3n) is 2.84. The fraction of sp³-hybridized carbons (Fsp3) is 0.400. The number of carbonyl (C=O) groups excluding carboxylic acids is 1. The number of aromatic nitrogens is 3. The van der Waals surface area contributed by atoms with E-state index in [1.807, 2.05) is 45.9 Å². The smallest absolute Gasteiger partial charge is 0.407 e. The molecular formula is C15H19BrN4O2. The van der Waals surface area contributed by atoms with Gasteiger partial charge in [0.1, 0.15) is 11.3 Å². The van der Waals surface area contributed by atoms with Crippen LogP contribution in [-0.2, 0) is 11.3 Å². The summed E-state index contributed by atoms with van der Waals surface area (Å²) in [5, 5.41) is 10.8. The molecule has 1 aromatic heterocycles. The molecule has 7 heteroatoms. The van der Waals surface area contributed by atoms with Crippen molar-refractivity contribution in [2.45, 2.75) is 39.8 Å². The Hall–Kier alpha value is -1.89. The van der Waals surface area contributed by atoms with Crippen LogP contribution >= 0.6 is 15.9 Å². The minimum absolute atomic E-state index is 0.266. The molecule has 0 saturated heterocycles. The second-order valence-electron chi connectivity index (χ2n) is 5.89. The van der Waals surface area contributed by atoms with Crippen LogP contribution in [0.25, 0.3) is 5.69 Å². The molecule has 0 spiro atoms. The van der Waals surface area contributed by atoms with Gasteiger partial charge < -0.3 is 10.1 Å². The van der Waals surface area contributed by atoms with E-state index in [0.29, 0.717) is 5.69 Å². The predicted octanol–water partition coefficient (Wildman–Crippen LogP) is 3.36. The largest absolute Gasteiger partial charge is 0.444 e. The van der Waals surface area contributed by atoms with Crippen LogP contribution in [0, 0.1) is 6.92 Å². The lowest BCUT2D eigenvalue weighted by Gasteiger charge is -2.19. The number of halogens is 1. The number of nitrogens with zero attached hydrogens (tertiary/aromatic N) is 3. The van der Waals surface area contributed by atoms with Gasteiger partial charge in [-0.1, -0.05) is 27.2 Å². The molecule has 1 N–H and O–H groups in total. The van der Waals surface area contributed by atoms with Gasteiger partial charge in [-0.3, -0.25) is 0 Å². The Bertz CT molecular complexity index is 676. The molecule has 0 aliphatic rings. The number of ether oxygens (including phenoxy) is 1. The first-order chi connectivity index (χ1) is 10.3. The fourth-order valence-electron chi connectivity index (χ4n) is 1.82. The summed E-state index contributed by atoms with van der Waals surface area (Å²) in [4.78, 5) is 11.6. The summed E-state index contributed by atoms with van der Waals surface area (Å²) in [6.07, 6.45) is 1.31. The van der Waals surface area contributed by atoms with Gasteiger partial charge in [0.25, 0.3) is 0 Å². The van der Waals surface area contributed by atoms with Crippen LogP contribution in [0.2, 0.25) is 0 Å². The van der Waals surface area contributed by atoms with E-state index < -0.39 is 11.7 Å².